The smallest absolute Gasteiger partial charge is 0.353 e. The van der Waals surface area contributed by atoms with E-state index in [0.29, 0.717) is 47.0 Å². The Kier molecular flexibility index (Phi) is 8.33. The number of benzene rings is 2. The lowest BCUT2D eigenvalue weighted by Gasteiger charge is -2.40. The van der Waals surface area contributed by atoms with E-state index in [1.807, 2.05) is 17.9 Å². The fourth-order valence-electron chi connectivity index (χ4n) is 10.1. The Morgan fingerprint density at radius 2 is 1.89 bits per heavy atom. The van der Waals surface area contributed by atoms with Gasteiger partial charge in [0, 0.05) is 77.2 Å². The number of aromatic nitrogens is 4. The van der Waals surface area contributed by atoms with E-state index in [9.17, 15) is 23.2 Å². The zero-order chi connectivity index (χ0) is 38.8. The van der Waals surface area contributed by atoms with Gasteiger partial charge in [-0.15, -0.1) is 0 Å². The molecule has 56 heavy (non-hydrogen) atoms. The van der Waals surface area contributed by atoms with Crippen LogP contribution in [0, 0.1) is 41.8 Å². The Labute approximate surface area is 329 Å². The molecule has 2 saturated carbocycles. The lowest BCUT2D eigenvalue weighted by molar-refractivity contribution is -0.141. The van der Waals surface area contributed by atoms with Crippen molar-refractivity contribution in [1.82, 2.24) is 29.7 Å². The van der Waals surface area contributed by atoms with Crippen LogP contribution >= 0.6 is 23.2 Å². The molecule has 5 aromatic rings. The van der Waals surface area contributed by atoms with Crippen LogP contribution < -0.4 is 10.2 Å². The third-order valence-electron chi connectivity index (χ3n) is 12.8. The number of likely N-dealkylation sites (tertiary alicyclic amines) is 1. The van der Waals surface area contributed by atoms with Gasteiger partial charge in [0.1, 0.15) is 11.3 Å². The number of carbonyl (C=O) groups is 1. The number of alkyl halides is 3. The molecule has 7 heterocycles. The van der Waals surface area contributed by atoms with Crippen LogP contribution in [0.3, 0.4) is 0 Å². The minimum absolute atomic E-state index is 0.0513. The van der Waals surface area contributed by atoms with Gasteiger partial charge < -0.3 is 19.7 Å². The summed E-state index contributed by atoms with van der Waals surface area (Å²) in [7, 11) is 0. The minimum atomic E-state index is -4.60. The molecule has 9 nitrogen and oxygen atoms in total. The van der Waals surface area contributed by atoms with Gasteiger partial charge in [-0.05, 0) is 68.7 Å². The lowest BCUT2D eigenvalue weighted by Crippen LogP contribution is -2.45. The molecule has 288 valence electrons. The first-order valence-electron chi connectivity index (χ1n) is 19.1. The number of fused-ring (bicyclic) bond motifs is 6. The number of amides is 1. The van der Waals surface area contributed by atoms with E-state index in [1.54, 1.807) is 18.2 Å². The average molecular weight is 804 g/mol. The van der Waals surface area contributed by atoms with Gasteiger partial charge in [-0.25, -0.2) is 19.3 Å². The second-order valence-corrected chi connectivity index (χ2v) is 16.8. The summed E-state index contributed by atoms with van der Waals surface area (Å²) in [6.07, 6.45) is 1.17. The predicted molar refractivity (Wildman–Crippen MR) is 204 cm³/mol. The Morgan fingerprint density at radius 1 is 1.07 bits per heavy atom. The number of carbonyl (C=O) groups excluding carboxylic acids is 1. The van der Waals surface area contributed by atoms with Gasteiger partial charge in [-0.2, -0.15) is 18.4 Å². The predicted octanol–water partition coefficient (Wildman–Crippen LogP) is 8.60. The van der Waals surface area contributed by atoms with E-state index in [2.05, 4.69) is 36.9 Å². The Morgan fingerprint density at radius 3 is 2.57 bits per heavy atom. The van der Waals surface area contributed by atoms with Gasteiger partial charge in [0.2, 0.25) is 5.91 Å². The molecule has 6 aliphatic rings. The van der Waals surface area contributed by atoms with Crippen molar-refractivity contribution in [3.8, 4) is 17.2 Å². The molecule has 0 unspecified atom stereocenters. The highest BCUT2D eigenvalue weighted by Crippen LogP contribution is 2.54. The first kappa shape index (κ1) is 35.9. The SMILES string of the molecule is Cc1nc2c(F)c(-c3cccc(Cl)c3Cl)c(CCC#N)cc2c2c1cc([C@H]1[C@H]3C[C@H](CN(c4cnc(C(F)(F)F)cn4)C3)N1C(=O)C1CC1)n2[C@H]1[C@H]2CN[C@@H]1C2. The number of nitrogens with zero attached hydrogens (tertiary/aromatic N) is 7. The van der Waals surface area contributed by atoms with Crippen LogP contribution in [0.1, 0.15) is 66.8 Å². The first-order valence-corrected chi connectivity index (χ1v) is 19.9. The van der Waals surface area contributed by atoms with E-state index in [0.717, 1.165) is 55.0 Å². The van der Waals surface area contributed by atoms with Crippen LogP contribution in [0.5, 0.6) is 0 Å². The van der Waals surface area contributed by atoms with Gasteiger partial charge in [0.25, 0.3) is 0 Å². The van der Waals surface area contributed by atoms with Crippen molar-refractivity contribution < 1.29 is 22.4 Å². The number of hydrogen-bond acceptors (Lipinski definition) is 7. The number of halogens is 6. The minimum Gasteiger partial charge on any atom is -0.353 e. The van der Waals surface area contributed by atoms with Crippen LogP contribution in [0.4, 0.5) is 23.4 Å². The molecule has 3 aromatic heterocycles. The molecule has 11 rings (SSSR count). The first-order chi connectivity index (χ1) is 26.9. The fraction of sp³-hybridized carbons (Fsp3) is 0.439. The molecule has 2 aliphatic carbocycles. The third-order valence-corrected chi connectivity index (χ3v) is 13.6. The normalized spacial score (nSPS) is 25.6. The van der Waals surface area contributed by atoms with E-state index < -0.39 is 17.7 Å². The largest absolute Gasteiger partial charge is 0.434 e. The zero-order valence-electron chi connectivity index (χ0n) is 30.3. The summed E-state index contributed by atoms with van der Waals surface area (Å²) < 4.78 is 59.8. The van der Waals surface area contributed by atoms with Gasteiger partial charge >= 0.3 is 6.18 Å². The molecule has 0 radical (unpaired) electrons. The van der Waals surface area contributed by atoms with Crippen molar-refractivity contribution in [1.29, 1.82) is 5.26 Å². The van der Waals surface area contributed by atoms with Crippen molar-refractivity contribution >= 4 is 56.7 Å². The van der Waals surface area contributed by atoms with Crippen LogP contribution in [0.25, 0.3) is 32.9 Å². The van der Waals surface area contributed by atoms with Crippen LogP contribution in [-0.2, 0) is 17.4 Å². The highest BCUT2D eigenvalue weighted by Gasteiger charge is 2.55. The van der Waals surface area contributed by atoms with Gasteiger partial charge in [-0.1, -0.05) is 35.3 Å². The summed E-state index contributed by atoms with van der Waals surface area (Å²) in [6.45, 7) is 3.62. The molecule has 1 N–H and O–H groups in total. The maximum Gasteiger partial charge on any atom is 0.434 e. The summed E-state index contributed by atoms with van der Waals surface area (Å²) in [4.78, 5) is 31.2. The van der Waals surface area contributed by atoms with E-state index in [4.69, 9.17) is 28.2 Å². The fourth-order valence-corrected chi connectivity index (χ4v) is 10.5. The molecule has 15 heteroatoms. The molecule has 2 aromatic carbocycles. The maximum atomic E-state index is 17.3. The number of anilines is 1. The molecule has 4 aliphatic heterocycles. The zero-order valence-corrected chi connectivity index (χ0v) is 31.8. The number of hydrogen-bond donors (Lipinski definition) is 1. The van der Waals surface area contributed by atoms with Crippen molar-refractivity contribution in [3.05, 3.63) is 81.2 Å². The molecule has 4 saturated heterocycles. The van der Waals surface area contributed by atoms with Crippen LogP contribution in [-0.4, -0.2) is 62.0 Å². The molecule has 6 fully saturated rings. The lowest BCUT2D eigenvalue weighted by atomic mass is 9.79. The average Bonchev–Trinajstić information content (AvgIpc) is 3.46. The van der Waals surface area contributed by atoms with E-state index >= 15 is 4.39 Å². The van der Waals surface area contributed by atoms with Crippen molar-refractivity contribution in [2.24, 2.45) is 17.8 Å². The summed E-state index contributed by atoms with van der Waals surface area (Å²) in [5, 5.41) is 15.3. The molecular formula is C41H36Cl2F4N8O. The quantitative estimate of drug-likeness (QED) is 0.165. The van der Waals surface area contributed by atoms with E-state index in [1.165, 1.54) is 6.20 Å². The third kappa shape index (κ3) is 5.50. The standard InChI is InChI=1S/C41H36Cl2F4N8O/c1-19-26-13-30(38-23-10-24(54(38)40(56)20-7-8-20)18-53(17-23)32-16-50-31(15-51-32)41(45,46)47)55(37-22-12-29(37)49-14-22)39(26)27-11-21(4-3-9-48)33(35(44)36(27)52-19)25-5-2-6-28(42)34(25)43/h2,5-6,11,13,15-16,20,22-24,29,37-38,49H,3-4,7-8,10,12,14,17-18H2,1H3/t22-,23+,24-,29-,37+,38-/m1/s1. The Balaban J connectivity index is 1.18. The number of pyridine rings is 1. The Bertz CT molecular complexity index is 2480. The highest BCUT2D eigenvalue weighted by molar-refractivity contribution is 6.43. The highest BCUT2D eigenvalue weighted by atomic mass is 35.5. The number of nitrogens with one attached hydrogen (secondary N) is 1. The summed E-state index contributed by atoms with van der Waals surface area (Å²) in [5.41, 5.74) is 2.90. The second kappa shape index (κ2) is 13.0. The van der Waals surface area contributed by atoms with E-state index in [-0.39, 0.29) is 75.9 Å². The van der Waals surface area contributed by atoms with Crippen molar-refractivity contribution in [2.45, 2.75) is 75.8 Å². The summed E-state index contributed by atoms with van der Waals surface area (Å²) in [6, 6.07) is 11.1. The molecular weight excluding hydrogens is 767 g/mol. The molecule has 4 bridgehead atoms. The monoisotopic (exact) mass is 802 g/mol. The van der Waals surface area contributed by atoms with Crippen LogP contribution in [0.15, 0.2) is 42.7 Å². The summed E-state index contributed by atoms with van der Waals surface area (Å²) in [5.74, 6) is 0.112. The van der Waals surface area contributed by atoms with Gasteiger partial charge in [0.15, 0.2) is 11.5 Å². The Hall–Kier alpha value is -4.51. The second-order valence-electron chi connectivity index (χ2n) is 16.1. The van der Waals surface area contributed by atoms with Crippen molar-refractivity contribution in [2.75, 3.05) is 24.5 Å². The molecule has 6 atom stereocenters. The number of rotatable bonds is 7. The maximum absolute atomic E-state index is 17.3. The molecule has 1 amide bonds. The molecule has 0 spiro atoms. The number of nitriles is 1. The van der Waals surface area contributed by atoms with Gasteiger partial charge in [-0.3, -0.25) is 4.79 Å². The van der Waals surface area contributed by atoms with Gasteiger partial charge in [0.05, 0.1) is 52.2 Å². The number of aryl methyl sites for hydroxylation is 2. The topological polar surface area (TPSA) is 103 Å². The van der Waals surface area contributed by atoms with Crippen molar-refractivity contribution in [3.63, 3.8) is 0 Å². The van der Waals surface area contributed by atoms with Crippen LogP contribution in [0.2, 0.25) is 10.0 Å². The number of piperidine rings is 1. The summed E-state index contributed by atoms with van der Waals surface area (Å²) >= 11 is 13.1.